The maximum absolute atomic E-state index is 10.7. The molecule has 0 aliphatic rings. The first-order chi connectivity index (χ1) is 7.24. The zero-order chi connectivity index (χ0) is 10.8. The number of aromatic nitrogens is 1. The second kappa shape index (κ2) is 3.87. The molecule has 3 nitrogen and oxygen atoms in total. The lowest BCUT2D eigenvalue weighted by molar-refractivity contribution is 0.399. The monoisotopic (exact) mass is 220 g/mol. The summed E-state index contributed by atoms with van der Waals surface area (Å²) in [6, 6.07) is 7.14. The number of benzene rings is 1. The first-order valence-corrected chi connectivity index (χ1v) is 4.71. The maximum atomic E-state index is 10.7. The Balaban J connectivity index is 2.64. The van der Waals surface area contributed by atoms with E-state index in [1.54, 1.807) is 25.3 Å². The standard InChI is InChI=1S/C11H7ClNO2/c1-7-9(6-14)11(13-15-7)8-4-2-3-5-10(8)12/h2-5H,1H3. The van der Waals surface area contributed by atoms with Gasteiger partial charge in [0.15, 0.2) is 0 Å². The molecule has 0 atom stereocenters. The molecule has 0 bridgehead atoms. The van der Waals surface area contributed by atoms with E-state index in [0.717, 1.165) is 0 Å². The van der Waals surface area contributed by atoms with E-state index in [1.807, 2.05) is 12.1 Å². The summed E-state index contributed by atoms with van der Waals surface area (Å²) < 4.78 is 4.92. The number of aryl methyl sites for hydroxylation is 1. The average molecular weight is 221 g/mol. The molecule has 0 fully saturated rings. The van der Waals surface area contributed by atoms with Crippen molar-refractivity contribution < 1.29 is 9.32 Å². The molecule has 15 heavy (non-hydrogen) atoms. The van der Waals surface area contributed by atoms with Gasteiger partial charge < -0.3 is 4.52 Å². The molecule has 0 spiro atoms. The minimum atomic E-state index is 0.322. The van der Waals surface area contributed by atoms with Crippen molar-refractivity contribution >= 4 is 17.9 Å². The van der Waals surface area contributed by atoms with E-state index < -0.39 is 0 Å². The van der Waals surface area contributed by atoms with Crippen LogP contribution in [-0.4, -0.2) is 11.4 Å². The Hall–Kier alpha value is -1.61. The van der Waals surface area contributed by atoms with Gasteiger partial charge in [0.05, 0.1) is 10.6 Å². The van der Waals surface area contributed by atoms with E-state index >= 15 is 0 Å². The molecule has 0 N–H and O–H groups in total. The Morgan fingerprint density at radius 2 is 2.13 bits per heavy atom. The van der Waals surface area contributed by atoms with Crippen LogP contribution in [0.25, 0.3) is 11.3 Å². The van der Waals surface area contributed by atoms with Gasteiger partial charge in [-0.3, -0.25) is 4.79 Å². The Kier molecular flexibility index (Phi) is 2.56. The zero-order valence-corrected chi connectivity index (χ0v) is 8.71. The molecular weight excluding hydrogens is 214 g/mol. The van der Waals surface area contributed by atoms with Gasteiger partial charge in [-0.1, -0.05) is 35.0 Å². The second-order valence-electron chi connectivity index (χ2n) is 3.04. The van der Waals surface area contributed by atoms with Gasteiger partial charge in [0.2, 0.25) is 6.29 Å². The summed E-state index contributed by atoms with van der Waals surface area (Å²) >= 11 is 5.99. The lowest BCUT2D eigenvalue weighted by Crippen LogP contribution is -1.87. The first kappa shape index (κ1) is 9.93. The fraction of sp³-hybridized carbons (Fsp3) is 0.0909. The highest BCUT2D eigenvalue weighted by atomic mass is 35.5. The smallest absolute Gasteiger partial charge is 0.239 e. The second-order valence-corrected chi connectivity index (χ2v) is 3.45. The van der Waals surface area contributed by atoms with Crippen molar-refractivity contribution in [1.82, 2.24) is 5.16 Å². The molecule has 0 unspecified atom stereocenters. The minimum absolute atomic E-state index is 0.322. The highest BCUT2D eigenvalue weighted by Crippen LogP contribution is 2.29. The lowest BCUT2D eigenvalue weighted by atomic mass is 10.1. The van der Waals surface area contributed by atoms with Crippen LogP contribution in [0, 0.1) is 6.92 Å². The van der Waals surface area contributed by atoms with Crippen molar-refractivity contribution in [2.24, 2.45) is 0 Å². The van der Waals surface area contributed by atoms with E-state index in [9.17, 15) is 4.79 Å². The molecule has 1 aromatic carbocycles. The molecule has 4 heteroatoms. The summed E-state index contributed by atoms with van der Waals surface area (Å²) in [5, 5.41) is 4.33. The van der Waals surface area contributed by atoms with Crippen molar-refractivity contribution in [3.63, 3.8) is 0 Å². The molecule has 0 saturated heterocycles. The first-order valence-electron chi connectivity index (χ1n) is 4.33. The van der Waals surface area contributed by atoms with Crippen LogP contribution in [0.2, 0.25) is 5.02 Å². The number of hydrogen-bond acceptors (Lipinski definition) is 3. The van der Waals surface area contributed by atoms with Crippen LogP contribution in [0.3, 0.4) is 0 Å². The van der Waals surface area contributed by atoms with Crippen LogP contribution in [0.4, 0.5) is 0 Å². The fourth-order valence-corrected chi connectivity index (χ4v) is 1.55. The van der Waals surface area contributed by atoms with Gasteiger partial charge in [-0.2, -0.15) is 0 Å². The maximum Gasteiger partial charge on any atom is 0.239 e. The van der Waals surface area contributed by atoms with Crippen LogP contribution >= 0.6 is 11.6 Å². The minimum Gasteiger partial charge on any atom is -0.360 e. The molecule has 0 aliphatic carbocycles. The van der Waals surface area contributed by atoms with E-state index in [1.165, 1.54) is 0 Å². The van der Waals surface area contributed by atoms with Crippen LogP contribution in [-0.2, 0) is 4.79 Å². The molecule has 1 radical (unpaired) electrons. The third kappa shape index (κ3) is 1.66. The van der Waals surface area contributed by atoms with E-state index in [-0.39, 0.29) is 0 Å². The van der Waals surface area contributed by atoms with E-state index in [2.05, 4.69) is 5.16 Å². The summed E-state index contributed by atoms with van der Waals surface area (Å²) in [5.74, 6) is 0.444. The highest BCUT2D eigenvalue weighted by Gasteiger charge is 2.16. The SMILES string of the molecule is Cc1onc(-c2ccccc2Cl)c1[C]=O. The van der Waals surface area contributed by atoms with E-state index in [4.69, 9.17) is 16.1 Å². The Bertz CT molecular complexity index is 505. The average Bonchev–Trinajstić information content (AvgIpc) is 2.60. The predicted molar refractivity (Wildman–Crippen MR) is 56.5 cm³/mol. The molecule has 0 saturated carbocycles. The van der Waals surface area contributed by atoms with Crippen LogP contribution in [0.15, 0.2) is 28.8 Å². The summed E-state index contributed by atoms with van der Waals surface area (Å²) in [7, 11) is 0. The molecule has 1 aromatic heterocycles. The largest absolute Gasteiger partial charge is 0.360 e. The Morgan fingerprint density at radius 3 is 2.80 bits per heavy atom. The molecule has 1 heterocycles. The number of rotatable bonds is 2. The van der Waals surface area contributed by atoms with Gasteiger partial charge in [0, 0.05) is 5.56 Å². The highest BCUT2D eigenvalue weighted by molar-refractivity contribution is 6.33. The van der Waals surface area contributed by atoms with Crippen LogP contribution in [0.5, 0.6) is 0 Å². The van der Waals surface area contributed by atoms with Gasteiger partial charge >= 0.3 is 0 Å². The molecule has 0 aliphatic heterocycles. The van der Waals surface area contributed by atoms with Crippen molar-refractivity contribution in [3.05, 3.63) is 40.6 Å². The van der Waals surface area contributed by atoms with Gasteiger partial charge in [-0.15, -0.1) is 0 Å². The van der Waals surface area contributed by atoms with Crippen LogP contribution in [0.1, 0.15) is 11.3 Å². The van der Waals surface area contributed by atoms with Crippen molar-refractivity contribution in [3.8, 4) is 11.3 Å². The molecular formula is C11H7ClNO2. The van der Waals surface area contributed by atoms with Gasteiger partial charge in [0.25, 0.3) is 0 Å². The number of halogens is 1. The van der Waals surface area contributed by atoms with Crippen LogP contribution < -0.4 is 0 Å². The van der Waals surface area contributed by atoms with Gasteiger partial charge in [-0.05, 0) is 13.0 Å². The summed E-state index contributed by atoms with van der Waals surface area (Å²) in [6.07, 6.45) is 1.80. The molecule has 2 rings (SSSR count). The van der Waals surface area contributed by atoms with E-state index in [0.29, 0.717) is 27.6 Å². The normalized spacial score (nSPS) is 10.3. The Labute approximate surface area is 91.6 Å². The summed E-state index contributed by atoms with van der Waals surface area (Å²) in [6.45, 7) is 1.66. The molecule has 2 aromatic rings. The van der Waals surface area contributed by atoms with Gasteiger partial charge in [0.1, 0.15) is 11.5 Å². The Morgan fingerprint density at radius 1 is 1.40 bits per heavy atom. The molecule has 0 amide bonds. The molecule has 75 valence electrons. The quantitative estimate of drug-likeness (QED) is 0.782. The summed E-state index contributed by atoms with van der Waals surface area (Å²) in [4.78, 5) is 10.7. The van der Waals surface area contributed by atoms with Crippen molar-refractivity contribution in [1.29, 1.82) is 0 Å². The zero-order valence-electron chi connectivity index (χ0n) is 7.95. The van der Waals surface area contributed by atoms with Crippen molar-refractivity contribution in [2.45, 2.75) is 6.92 Å². The third-order valence-electron chi connectivity index (χ3n) is 2.09. The third-order valence-corrected chi connectivity index (χ3v) is 2.42. The number of carbonyl (C=O) groups excluding carboxylic acids is 1. The fourth-order valence-electron chi connectivity index (χ4n) is 1.33. The summed E-state index contributed by atoms with van der Waals surface area (Å²) in [5.41, 5.74) is 1.44. The van der Waals surface area contributed by atoms with Crippen molar-refractivity contribution in [2.75, 3.05) is 0 Å². The topological polar surface area (TPSA) is 43.1 Å². The van der Waals surface area contributed by atoms with Gasteiger partial charge in [-0.25, -0.2) is 0 Å². The number of hydrogen-bond donors (Lipinski definition) is 0. The predicted octanol–water partition coefficient (Wildman–Crippen LogP) is 2.76. The number of nitrogens with zero attached hydrogens (tertiary/aromatic N) is 1. The lowest BCUT2D eigenvalue weighted by Gasteiger charge is -1.98.